The van der Waals surface area contributed by atoms with Crippen molar-refractivity contribution in [2.75, 3.05) is 18.5 Å². The summed E-state index contributed by atoms with van der Waals surface area (Å²) in [5.74, 6) is 0.862. The Labute approximate surface area is 102 Å². The molecule has 16 heavy (non-hydrogen) atoms. The van der Waals surface area contributed by atoms with E-state index >= 15 is 0 Å². The number of ether oxygens (including phenoxy) is 1. The number of hydrogen-bond acceptors (Lipinski definition) is 3. The van der Waals surface area contributed by atoms with Gasteiger partial charge < -0.3 is 10.1 Å². The second-order valence-corrected chi connectivity index (χ2v) is 4.01. The Bertz CT molecular complexity index is 318. The maximum absolute atomic E-state index is 6.04. The maximum Gasteiger partial charge on any atom is 0.126 e. The van der Waals surface area contributed by atoms with E-state index in [1.165, 1.54) is 0 Å². The van der Waals surface area contributed by atoms with Gasteiger partial charge in [-0.15, -0.1) is 0 Å². The van der Waals surface area contributed by atoms with Crippen molar-refractivity contribution in [1.29, 1.82) is 0 Å². The van der Waals surface area contributed by atoms with Crippen LogP contribution in [0.2, 0.25) is 5.02 Å². The highest BCUT2D eigenvalue weighted by atomic mass is 35.5. The third kappa shape index (κ3) is 4.37. The van der Waals surface area contributed by atoms with E-state index in [1.54, 1.807) is 0 Å². The number of nitrogens with one attached hydrogen (secondary N) is 1. The minimum absolute atomic E-state index is 0.480. The minimum atomic E-state index is 0.480. The number of aromatic nitrogens is 1. The van der Waals surface area contributed by atoms with Crippen LogP contribution in [-0.4, -0.2) is 18.1 Å². The fourth-order valence-corrected chi connectivity index (χ4v) is 1.41. The van der Waals surface area contributed by atoms with Gasteiger partial charge in [-0.3, -0.25) is 0 Å². The van der Waals surface area contributed by atoms with E-state index in [9.17, 15) is 0 Å². The quantitative estimate of drug-likeness (QED) is 0.744. The van der Waals surface area contributed by atoms with Gasteiger partial charge in [-0.1, -0.05) is 25.4 Å². The Morgan fingerprint density at radius 2 is 2.12 bits per heavy atom. The average molecular weight is 243 g/mol. The van der Waals surface area contributed by atoms with Crippen LogP contribution in [0.15, 0.2) is 12.1 Å². The third-order valence-corrected chi connectivity index (χ3v) is 2.41. The molecule has 0 saturated carbocycles. The summed E-state index contributed by atoms with van der Waals surface area (Å²) in [7, 11) is 0. The molecule has 0 unspecified atom stereocenters. The second kappa shape index (κ2) is 7.47. The van der Waals surface area contributed by atoms with Gasteiger partial charge in [-0.25, -0.2) is 4.98 Å². The molecule has 0 atom stereocenters. The lowest BCUT2D eigenvalue weighted by Crippen LogP contribution is -2.05. The summed E-state index contributed by atoms with van der Waals surface area (Å²) in [6, 6.07) is 3.75. The number of nitrogens with zero attached hydrogens (tertiary/aromatic N) is 1. The van der Waals surface area contributed by atoms with Crippen LogP contribution in [0.25, 0.3) is 0 Å². The summed E-state index contributed by atoms with van der Waals surface area (Å²) in [5.41, 5.74) is 0.802. The zero-order valence-corrected chi connectivity index (χ0v) is 10.7. The SMILES string of the molecule is CCCNc1ccc(Cl)c(COCCC)n1. The van der Waals surface area contributed by atoms with Gasteiger partial charge >= 0.3 is 0 Å². The topological polar surface area (TPSA) is 34.1 Å². The highest BCUT2D eigenvalue weighted by molar-refractivity contribution is 6.31. The Hall–Kier alpha value is -0.800. The number of hydrogen-bond donors (Lipinski definition) is 1. The molecule has 0 bridgehead atoms. The maximum atomic E-state index is 6.04. The monoisotopic (exact) mass is 242 g/mol. The number of halogens is 1. The van der Waals surface area contributed by atoms with Crippen molar-refractivity contribution < 1.29 is 4.74 Å². The molecule has 1 rings (SSSR count). The summed E-state index contributed by atoms with van der Waals surface area (Å²) < 4.78 is 5.43. The van der Waals surface area contributed by atoms with Crippen LogP contribution in [0.1, 0.15) is 32.4 Å². The summed E-state index contributed by atoms with van der Waals surface area (Å²) in [5, 5.41) is 3.89. The Balaban J connectivity index is 2.59. The number of rotatable bonds is 7. The van der Waals surface area contributed by atoms with Crippen LogP contribution in [0, 0.1) is 0 Å². The highest BCUT2D eigenvalue weighted by Crippen LogP contribution is 2.17. The molecule has 0 spiro atoms. The van der Waals surface area contributed by atoms with Crippen molar-refractivity contribution in [3.05, 3.63) is 22.8 Å². The molecule has 1 aromatic rings. The van der Waals surface area contributed by atoms with Crippen molar-refractivity contribution in [2.45, 2.75) is 33.3 Å². The molecule has 0 aliphatic rings. The van der Waals surface area contributed by atoms with Gasteiger partial charge in [-0.05, 0) is 25.0 Å². The highest BCUT2D eigenvalue weighted by Gasteiger charge is 2.03. The zero-order chi connectivity index (χ0) is 11.8. The third-order valence-electron chi connectivity index (χ3n) is 2.06. The summed E-state index contributed by atoms with van der Waals surface area (Å²) in [4.78, 5) is 4.41. The van der Waals surface area contributed by atoms with Crippen molar-refractivity contribution in [2.24, 2.45) is 0 Å². The van der Waals surface area contributed by atoms with Crippen molar-refractivity contribution in [3.8, 4) is 0 Å². The summed E-state index contributed by atoms with van der Waals surface area (Å²) in [6.07, 6.45) is 2.08. The molecule has 0 aromatic carbocycles. The van der Waals surface area contributed by atoms with Gasteiger partial charge in [0.25, 0.3) is 0 Å². The molecule has 0 fully saturated rings. The van der Waals surface area contributed by atoms with E-state index in [1.807, 2.05) is 12.1 Å². The standard InChI is InChI=1S/C12H19ClN2O/c1-3-7-14-12-6-5-10(13)11(15-12)9-16-8-4-2/h5-6H,3-4,7-9H2,1-2H3,(H,14,15). The largest absolute Gasteiger partial charge is 0.375 e. The lowest BCUT2D eigenvalue weighted by Gasteiger charge is -2.08. The Kier molecular flexibility index (Phi) is 6.19. The predicted octanol–water partition coefficient (Wildman–Crippen LogP) is 3.48. The normalized spacial score (nSPS) is 10.4. The zero-order valence-electron chi connectivity index (χ0n) is 9.92. The first-order valence-electron chi connectivity index (χ1n) is 5.75. The predicted molar refractivity (Wildman–Crippen MR) is 68.0 cm³/mol. The van der Waals surface area contributed by atoms with Crippen molar-refractivity contribution in [1.82, 2.24) is 4.98 Å². The molecule has 0 amide bonds. The molecular formula is C12H19ClN2O. The second-order valence-electron chi connectivity index (χ2n) is 3.60. The van der Waals surface area contributed by atoms with Crippen LogP contribution < -0.4 is 5.32 Å². The van der Waals surface area contributed by atoms with E-state index in [0.29, 0.717) is 11.6 Å². The first kappa shape index (κ1) is 13.3. The van der Waals surface area contributed by atoms with E-state index in [4.69, 9.17) is 16.3 Å². The molecule has 0 aliphatic heterocycles. The van der Waals surface area contributed by atoms with Crippen molar-refractivity contribution in [3.63, 3.8) is 0 Å². The van der Waals surface area contributed by atoms with Crippen LogP contribution in [-0.2, 0) is 11.3 Å². The molecule has 0 radical (unpaired) electrons. The van der Waals surface area contributed by atoms with Gasteiger partial charge in [0.15, 0.2) is 0 Å². The lowest BCUT2D eigenvalue weighted by molar-refractivity contribution is 0.119. The lowest BCUT2D eigenvalue weighted by atomic mass is 10.3. The minimum Gasteiger partial charge on any atom is -0.375 e. The van der Waals surface area contributed by atoms with Gasteiger partial charge in [0.1, 0.15) is 5.82 Å². The van der Waals surface area contributed by atoms with E-state index in [-0.39, 0.29) is 0 Å². The van der Waals surface area contributed by atoms with Gasteiger partial charge in [0.2, 0.25) is 0 Å². The van der Waals surface area contributed by atoms with Gasteiger partial charge in [-0.2, -0.15) is 0 Å². The first-order chi connectivity index (χ1) is 7.77. The first-order valence-corrected chi connectivity index (χ1v) is 6.12. The molecule has 90 valence electrons. The molecule has 1 aromatic heterocycles. The average Bonchev–Trinajstić information content (AvgIpc) is 2.30. The van der Waals surface area contributed by atoms with Crippen LogP contribution in [0.5, 0.6) is 0 Å². The molecule has 3 nitrogen and oxygen atoms in total. The summed E-state index contributed by atoms with van der Waals surface area (Å²) >= 11 is 6.04. The smallest absolute Gasteiger partial charge is 0.126 e. The summed E-state index contributed by atoms with van der Waals surface area (Å²) in [6.45, 7) is 6.34. The van der Waals surface area contributed by atoms with E-state index < -0.39 is 0 Å². The molecule has 0 aliphatic carbocycles. The Morgan fingerprint density at radius 1 is 1.31 bits per heavy atom. The van der Waals surface area contributed by atoms with E-state index in [2.05, 4.69) is 24.1 Å². The van der Waals surface area contributed by atoms with E-state index in [0.717, 1.165) is 37.5 Å². The van der Waals surface area contributed by atoms with Crippen LogP contribution in [0.4, 0.5) is 5.82 Å². The molecule has 1 heterocycles. The molecule has 1 N–H and O–H groups in total. The van der Waals surface area contributed by atoms with Gasteiger partial charge in [0, 0.05) is 13.2 Å². The van der Waals surface area contributed by atoms with Crippen LogP contribution >= 0.6 is 11.6 Å². The molecule has 4 heteroatoms. The number of pyridine rings is 1. The van der Waals surface area contributed by atoms with Crippen molar-refractivity contribution >= 4 is 17.4 Å². The fourth-order valence-electron chi connectivity index (χ4n) is 1.25. The molecule has 0 saturated heterocycles. The van der Waals surface area contributed by atoms with Gasteiger partial charge in [0.05, 0.1) is 17.3 Å². The van der Waals surface area contributed by atoms with Crippen LogP contribution in [0.3, 0.4) is 0 Å². The Morgan fingerprint density at radius 3 is 2.81 bits per heavy atom. The molecular weight excluding hydrogens is 224 g/mol. The number of anilines is 1. The fraction of sp³-hybridized carbons (Fsp3) is 0.583.